The predicted octanol–water partition coefficient (Wildman–Crippen LogP) is 2.78. The van der Waals surface area contributed by atoms with Crippen LogP contribution >= 0.6 is 0 Å². The molecule has 1 aromatic carbocycles. The molecule has 1 saturated heterocycles. The van der Waals surface area contributed by atoms with E-state index in [-0.39, 0.29) is 18.3 Å². The Morgan fingerprint density at radius 3 is 2.46 bits per heavy atom. The van der Waals surface area contributed by atoms with E-state index in [1.54, 1.807) is 12.1 Å². The number of aliphatic hydroxyl groups is 1. The summed E-state index contributed by atoms with van der Waals surface area (Å²) < 4.78 is 40.4. The average molecular weight is 373 g/mol. The number of nitrogens with two attached hydrogens (primary N) is 1. The molecule has 0 aliphatic carbocycles. The van der Waals surface area contributed by atoms with Crippen LogP contribution in [0.4, 0.5) is 13.2 Å². The van der Waals surface area contributed by atoms with Crippen molar-refractivity contribution in [3.8, 4) is 5.75 Å². The highest BCUT2D eigenvalue weighted by atomic mass is 19.4. The average Bonchev–Trinajstić information content (AvgIpc) is 2.59. The number of nitrogens with zero attached hydrogens (tertiary/aromatic N) is 2. The van der Waals surface area contributed by atoms with Crippen LogP contribution in [0, 0.1) is 11.8 Å². The first-order valence-electron chi connectivity index (χ1n) is 8.77. The van der Waals surface area contributed by atoms with Crippen LogP contribution < -0.4 is 10.5 Å². The van der Waals surface area contributed by atoms with Gasteiger partial charge in [-0.15, -0.1) is 13.2 Å². The van der Waals surface area contributed by atoms with Gasteiger partial charge in [-0.2, -0.15) is 0 Å². The van der Waals surface area contributed by atoms with Crippen LogP contribution in [0.25, 0.3) is 0 Å². The van der Waals surface area contributed by atoms with E-state index >= 15 is 0 Å². The minimum atomic E-state index is -4.70. The highest BCUT2D eigenvalue weighted by molar-refractivity contribution is 5.78. The van der Waals surface area contributed by atoms with Crippen molar-refractivity contribution >= 4 is 5.96 Å². The van der Waals surface area contributed by atoms with E-state index in [1.165, 1.54) is 12.1 Å². The van der Waals surface area contributed by atoms with E-state index in [1.807, 2.05) is 0 Å². The third-order valence-electron chi connectivity index (χ3n) is 4.56. The van der Waals surface area contributed by atoms with Gasteiger partial charge in [-0.05, 0) is 42.9 Å². The maximum absolute atomic E-state index is 12.2. The predicted molar refractivity (Wildman–Crippen MR) is 93.9 cm³/mol. The summed E-state index contributed by atoms with van der Waals surface area (Å²) in [4.78, 5) is 6.45. The molecule has 1 atom stereocenters. The Morgan fingerprint density at radius 1 is 1.31 bits per heavy atom. The molecule has 1 fully saturated rings. The smallest absolute Gasteiger partial charge is 0.406 e. The topological polar surface area (TPSA) is 71.1 Å². The summed E-state index contributed by atoms with van der Waals surface area (Å²) in [7, 11) is 0. The Labute approximate surface area is 151 Å². The Balaban J connectivity index is 1.87. The maximum atomic E-state index is 12.2. The number of hydrogen-bond acceptors (Lipinski definition) is 3. The first-order chi connectivity index (χ1) is 12.3. The molecule has 2 rings (SSSR count). The number of alkyl halides is 3. The summed E-state index contributed by atoms with van der Waals surface area (Å²) in [5.74, 6) is 0.785. The summed E-state index contributed by atoms with van der Waals surface area (Å²) in [5, 5.41) is 9.56. The molecular formula is C18H26F3N3O2. The van der Waals surface area contributed by atoms with Crippen molar-refractivity contribution in [3.63, 3.8) is 0 Å². The number of ether oxygens (including phenoxy) is 1. The van der Waals surface area contributed by atoms with Crippen molar-refractivity contribution in [1.82, 2.24) is 4.90 Å². The van der Waals surface area contributed by atoms with Gasteiger partial charge in [-0.1, -0.05) is 19.1 Å². The first kappa shape index (κ1) is 20.4. The highest BCUT2D eigenvalue weighted by Crippen LogP contribution is 2.23. The molecule has 8 heteroatoms. The van der Waals surface area contributed by atoms with E-state index in [0.29, 0.717) is 24.8 Å². The van der Waals surface area contributed by atoms with Crippen molar-refractivity contribution in [3.05, 3.63) is 29.8 Å². The molecule has 0 aromatic heterocycles. The third-order valence-corrected chi connectivity index (χ3v) is 4.56. The summed E-state index contributed by atoms with van der Waals surface area (Å²) in [6.07, 6.45) is -2.03. The maximum Gasteiger partial charge on any atom is 0.573 e. The molecule has 5 nitrogen and oxygen atoms in total. The first-order valence-corrected chi connectivity index (χ1v) is 8.77. The monoisotopic (exact) mass is 373 g/mol. The quantitative estimate of drug-likeness (QED) is 0.594. The fraction of sp³-hybridized carbons (Fsp3) is 0.611. The van der Waals surface area contributed by atoms with Crippen LogP contribution in [0.1, 0.15) is 25.3 Å². The molecule has 1 aliphatic rings. The lowest BCUT2D eigenvalue weighted by molar-refractivity contribution is -0.274. The van der Waals surface area contributed by atoms with E-state index in [0.717, 1.165) is 31.5 Å². The van der Waals surface area contributed by atoms with E-state index < -0.39 is 6.36 Å². The van der Waals surface area contributed by atoms with Gasteiger partial charge in [0.25, 0.3) is 0 Å². The second kappa shape index (κ2) is 9.12. The Hall–Kier alpha value is -1.96. The zero-order valence-electron chi connectivity index (χ0n) is 14.9. The van der Waals surface area contributed by atoms with E-state index in [4.69, 9.17) is 5.73 Å². The molecule has 1 aromatic rings. The zero-order valence-corrected chi connectivity index (χ0v) is 14.9. The number of hydrogen-bond donors (Lipinski definition) is 2. The lowest BCUT2D eigenvalue weighted by Crippen LogP contribution is -2.42. The van der Waals surface area contributed by atoms with Gasteiger partial charge in [0.1, 0.15) is 5.75 Å². The summed E-state index contributed by atoms with van der Waals surface area (Å²) >= 11 is 0. The lowest BCUT2D eigenvalue weighted by Gasteiger charge is -2.31. The Bertz CT molecular complexity index is 582. The number of likely N-dealkylation sites (tertiary alicyclic amines) is 1. The fourth-order valence-corrected chi connectivity index (χ4v) is 2.91. The number of aliphatic imine (C=N–C) groups is 1. The molecule has 3 N–H and O–H groups in total. The van der Waals surface area contributed by atoms with Gasteiger partial charge in [0, 0.05) is 32.2 Å². The van der Waals surface area contributed by atoms with E-state index in [9.17, 15) is 18.3 Å². The van der Waals surface area contributed by atoms with Gasteiger partial charge >= 0.3 is 6.36 Å². The van der Waals surface area contributed by atoms with Crippen molar-refractivity contribution < 1.29 is 23.0 Å². The summed E-state index contributed by atoms with van der Waals surface area (Å²) in [6, 6.07) is 5.65. The Morgan fingerprint density at radius 2 is 1.92 bits per heavy atom. The molecule has 1 aliphatic heterocycles. The van der Waals surface area contributed by atoms with Crippen LogP contribution in [0.5, 0.6) is 5.75 Å². The van der Waals surface area contributed by atoms with Crippen molar-refractivity contribution in [2.75, 3.05) is 26.2 Å². The minimum Gasteiger partial charge on any atom is -0.406 e. The number of halogens is 3. The third kappa shape index (κ3) is 6.74. The molecule has 0 bridgehead atoms. The molecule has 146 valence electrons. The van der Waals surface area contributed by atoms with Crippen molar-refractivity contribution in [2.45, 2.75) is 32.5 Å². The normalized spacial score (nSPS) is 18.0. The standard InChI is InChI=1S/C18H26F3N3O2/c1-13-6-8-24(9-7-13)17(22)23-11-15(12-25)10-14-2-4-16(5-3-14)26-18(19,20)21/h2-5,13,15,25H,6-12H2,1H3,(H2,22,23). The number of piperidine rings is 1. The van der Waals surface area contributed by atoms with Crippen LogP contribution in [-0.2, 0) is 6.42 Å². The number of benzene rings is 1. The number of aliphatic hydroxyl groups excluding tert-OH is 1. The Kier molecular flexibility index (Phi) is 7.14. The molecular weight excluding hydrogens is 347 g/mol. The molecule has 0 saturated carbocycles. The minimum absolute atomic E-state index is 0.0748. The van der Waals surface area contributed by atoms with E-state index in [2.05, 4.69) is 21.6 Å². The molecule has 0 spiro atoms. The van der Waals surface area contributed by atoms with Crippen LogP contribution in [-0.4, -0.2) is 48.6 Å². The zero-order chi connectivity index (χ0) is 19.2. The largest absolute Gasteiger partial charge is 0.573 e. The molecule has 1 unspecified atom stereocenters. The van der Waals surface area contributed by atoms with Gasteiger partial charge in [-0.3, -0.25) is 4.99 Å². The molecule has 0 amide bonds. The van der Waals surface area contributed by atoms with Gasteiger partial charge in [0.2, 0.25) is 0 Å². The van der Waals surface area contributed by atoms with Gasteiger partial charge in [0.15, 0.2) is 5.96 Å². The van der Waals surface area contributed by atoms with Gasteiger partial charge in [-0.25, -0.2) is 0 Å². The molecule has 0 radical (unpaired) electrons. The fourth-order valence-electron chi connectivity index (χ4n) is 2.91. The van der Waals surface area contributed by atoms with Gasteiger partial charge < -0.3 is 20.5 Å². The number of guanidine groups is 1. The second-order valence-electron chi connectivity index (χ2n) is 6.81. The van der Waals surface area contributed by atoms with Crippen molar-refractivity contribution in [2.24, 2.45) is 22.6 Å². The lowest BCUT2D eigenvalue weighted by atomic mass is 9.99. The molecule has 26 heavy (non-hydrogen) atoms. The molecule has 1 heterocycles. The highest BCUT2D eigenvalue weighted by Gasteiger charge is 2.31. The van der Waals surface area contributed by atoms with Crippen LogP contribution in [0.3, 0.4) is 0 Å². The summed E-state index contributed by atoms with van der Waals surface area (Å²) in [6.45, 7) is 4.29. The van der Waals surface area contributed by atoms with Crippen molar-refractivity contribution in [1.29, 1.82) is 0 Å². The second-order valence-corrected chi connectivity index (χ2v) is 6.81. The SMILES string of the molecule is CC1CCN(C(N)=NCC(CO)Cc2ccc(OC(F)(F)F)cc2)CC1. The van der Waals surface area contributed by atoms with Gasteiger partial charge in [0.05, 0.1) is 0 Å². The number of rotatable bonds is 6. The van der Waals surface area contributed by atoms with Crippen LogP contribution in [0.15, 0.2) is 29.3 Å². The van der Waals surface area contributed by atoms with Crippen LogP contribution in [0.2, 0.25) is 0 Å². The summed E-state index contributed by atoms with van der Waals surface area (Å²) in [5.41, 5.74) is 6.84.